The number of likely N-dealkylation sites (N-methyl/N-ethyl adjacent to an activating group) is 1. The molecule has 122 valence electrons. The van der Waals surface area contributed by atoms with Gasteiger partial charge in [-0.15, -0.1) is 0 Å². The number of carbonyl (C=O) groups excluding carboxylic acids is 1. The molecule has 1 aliphatic rings. The fraction of sp³-hybridized carbons (Fsp3) is 0.412. The average molecular weight is 314 g/mol. The molecule has 0 aliphatic carbocycles. The molecular weight excluding hydrogens is 292 g/mol. The molecule has 0 unspecified atom stereocenters. The van der Waals surface area contributed by atoms with Crippen LogP contribution in [0.2, 0.25) is 0 Å². The molecule has 0 N–H and O–H groups in total. The molecule has 0 radical (unpaired) electrons. The lowest BCUT2D eigenvalue weighted by molar-refractivity contribution is -0.134. The van der Waals surface area contributed by atoms with Crippen LogP contribution in [0, 0.1) is 0 Å². The highest BCUT2D eigenvalue weighted by Crippen LogP contribution is 2.23. The van der Waals surface area contributed by atoms with E-state index in [-0.39, 0.29) is 12.5 Å². The molecule has 6 nitrogen and oxygen atoms in total. The molecular formula is C17H22N4O2. The van der Waals surface area contributed by atoms with Crippen molar-refractivity contribution in [3.63, 3.8) is 0 Å². The van der Waals surface area contributed by atoms with E-state index >= 15 is 0 Å². The van der Waals surface area contributed by atoms with Crippen LogP contribution in [0.4, 0.5) is 0 Å². The van der Waals surface area contributed by atoms with Gasteiger partial charge in [-0.05, 0) is 24.7 Å². The molecule has 1 saturated heterocycles. The van der Waals surface area contributed by atoms with E-state index in [1.54, 1.807) is 4.68 Å². The summed E-state index contributed by atoms with van der Waals surface area (Å²) in [6.07, 6.45) is 3.77. The molecule has 1 aromatic heterocycles. The van der Waals surface area contributed by atoms with Crippen LogP contribution in [-0.4, -0.2) is 65.3 Å². The minimum Gasteiger partial charge on any atom is -0.484 e. The minimum absolute atomic E-state index is 0.0462. The first-order chi connectivity index (χ1) is 11.1. The Morgan fingerprint density at radius 2 is 1.96 bits per heavy atom. The van der Waals surface area contributed by atoms with E-state index < -0.39 is 0 Å². The summed E-state index contributed by atoms with van der Waals surface area (Å²) in [5, 5.41) is 4.18. The second-order valence-corrected chi connectivity index (χ2v) is 5.90. The number of hydrogen-bond donors (Lipinski definition) is 0. The number of benzene rings is 1. The van der Waals surface area contributed by atoms with Crippen LogP contribution in [0.3, 0.4) is 0 Å². The van der Waals surface area contributed by atoms with Crippen LogP contribution in [0.15, 0.2) is 36.7 Å². The Hall–Kier alpha value is -2.34. The average Bonchev–Trinajstić information content (AvgIpc) is 3.00. The molecule has 1 amide bonds. The lowest BCUT2D eigenvalue weighted by Gasteiger charge is -2.32. The zero-order valence-electron chi connectivity index (χ0n) is 13.6. The Bertz CT molecular complexity index is 675. The summed E-state index contributed by atoms with van der Waals surface area (Å²) in [5.41, 5.74) is 2.06. The van der Waals surface area contributed by atoms with Crippen molar-refractivity contribution in [3.8, 4) is 16.9 Å². The minimum atomic E-state index is 0.0462. The van der Waals surface area contributed by atoms with E-state index in [0.717, 1.165) is 37.3 Å². The van der Waals surface area contributed by atoms with Crippen molar-refractivity contribution < 1.29 is 9.53 Å². The molecule has 1 fully saturated rings. The Morgan fingerprint density at radius 3 is 2.65 bits per heavy atom. The number of ether oxygens (including phenoxy) is 1. The summed E-state index contributed by atoms with van der Waals surface area (Å²) in [6.45, 7) is 3.47. The first-order valence-electron chi connectivity index (χ1n) is 7.80. The third-order valence-corrected chi connectivity index (χ3v) is 4.09. The van der Waals surface area contributed by atoms with E-state index in [2.05, 4.69) is 17.0 Å². The van der Waals surface area contributed by atoms with Gasteiger partial charge in [-0.25, -0.2) is 0 Å². The lowest BCUT2D eigenvalue weighted by atomic mass is 10.1. The normalized spacial score (nSPS) is 15.7. The quantitative estimate of drug-likeness (QED) is 0.852. The number of aryl methyl sites for hydroxylation is 1. The topological polar surface area (TPSA) is 50.6 Å². The molecule has 0 spiro atoms. The van der Waals surface area contributed by atoms with Crippen LogP contribution in [-0.2, 0) is 11.8 Å². The van der Waals surface area contributed by atoms with E-state index in [0.29, 0.717) is 5.75 Å². The van der Waals surface area contributed by atoms with Crippen LogP contribution in [0.5, 0.6) is 5.75 Å². The van der Waals surface area contributed by atoms with Gasteiger partial charge in [0.15, 0.2) is 6.61 Å². The van der Waals surface area contributed by atoms with E-state index in [9.17, 15) is 4.79 Å². The van der Waals surface area contributed by atoms with Gasteiger partial charge in [-0.2, -0.15) is 5.10 Å². The smallest absolute Gasteiger partial charge is 0.260 e. The summed E-state index contributed by atoms with van der Waals surface area (Å²) in [4.78, 5) is 16.3. The van der Waals surface area contributed by atoms with Gasteiger partial charge in [0.05, 0.1) is 6.20 Å². The van der Waals surface area contributed by atoms with Crippen LogP contribution >= 0.6 is 0 Å². The van der Waals surface area contributed by atoms with Crippen molar-refractivity contribution in [3.05, 3.63) is 36.7 Å². The zero-order valence-corrected chi connectivity index (χ0v) is 13.6. The van der Waals surface area contributed by atoms with E-state index in [4.69, 9.17) is 4.74 Å². The van der Waals surface area contributed by atoms with Crippen LogP contribution in [0.25, 0.3) is 11.1 Å². The van der Waals surface area contributed by atoms with Gasteiger partial charge >= 0.3 is 0 Å². The number of aromatic nitrogens is 2. The van der Waals surface area contributed by atoms with Crippen molar-refractivity contribution in [2.45, 2.75) is 0 Å². The lowest BCUT2D eigenvalue weighted by Crippen LogP contribution is -2.48. The maximum absolute atomic E-state index is 12.2. The SMILES string of the molecule is CN1CCN(C(=O)COc2cccc(-c3cnn(C)c3)c2)CC1. The number of nitrogens with zero attached hydrogens (tertiary/aromatic N) is 4. The van der Waals surface area contributed by atoms with E-state index in [1.807, 2.05) is 48.6 Å². The maximum Gasteiger partial charge on any atom is 0.260 e. The highest BCUT2D eigenvalue weighted by Gasteiger charge is 2.19. The third kappa shape index (κ3) is 3.90. The largest absolute Gasteiger partial charge is 0.484 e. The van der Waals surface area contributed by atoms with Crippen LogP contribution < -0.4 is 4.74 Å². The van der Waals surface area contributed by atoms with Crippen LogP contribution in [0.1, 0.15) is 0 Å². The number of hydrogen-bond acceptors (Lipinski definition) is 4. The fourth-order valence-corrected chi connectivity index (χ4v) is 2.63. The second-order valence-electron chi connectivity index (χ2n) is 5.90. The Labute approximate surface area is 136 Å². The highest BCUT2D eigenvalue weighted by molar-refractivity contribution is 5.78. The molecule has 23 heavy (non-hydrogen) atoms. The third-order valence-electron chi connectivity index (χ3n) is 4.09. The predicted molar refractivity (Wildman–Crippen MR) is 88.2 cm³/mol. The Kier molecular flexibility index (Phi) is 4.62. The second kappa shape index (κ2) is 6.83. The molecule has 2 aromatic rings. The highest BCUT2D eigenvalue weighted by atomic mass is 16.5. The van der Waals surface area contributed by atoms with E-state index in [1.165, 1.54) is 0 Å². The summed E-state index contributed by atoms with van der Waals surface area (Å²) in [5.74, 6) is 0.749. The van der Waals surface area contributed by atoms with Crippen molar-refractivity contribution in [2.75, 3.05) is 39.8 Å². The molecule has 0 bridgehead atoms. The first kappa shape index (κ1) is 15.6. The Morgan fingerprint density at radius 1 is 1.17 bits per heavy atom. The summed E-state index contributed by atoms with van der Waals surface area (Å²) in [6, 6.07) is 7.75. The zero-order chi connectivity index (χ0) is 16.2. The summed E-state index contributed by atoms with van der Waals surface area (Å²) >= 11 is 0. The first-order valence-corrected chi connectivity index (χ1v) is 7.80. The molecule has 2 heterocycles. The van der Waals surface area contributed by atoms with Gasteiger partial charge in [0.25, 0.3) is 5.91 Å². The molecule has 0 saturated carbocycles. The summed E-state index contributed by atoms with van der Waals surface area (Å²) in [7, 11) is 3.96. The van der Waals surface area contributed by atoms with Gasteiger partial charge in [0.1, 0.15) is 5.75 Å². The van der Waals surface area contributed by atoms with Gasteiger partial charge in [-0.3, -0.25) is 9.48 Å². The molecule has 1 aromatic carbocycles. The molecule has 1 aliphatic heterocycles. The maximum atomic E-state index is 12.2. The van der Waals surface area contributed by atoms with Gasteiger partial charge in [-0.1, -0.05) is 12.1 Å². The number of amides is 1. The molecule has 0 atom stereocenters. The van der Waals surface area contributed by atoms with Gasteiger partial charge < -0.3 is 14.5 Å². The van der Waals surface area contributed by atoms with Crippen molar-refractivity contribution in [2.24, 2.45) is 7.05 Å². The number of piperazine rings is 1. The molecule has 3 rings (SSSR count). The fourth-order valence-electron chi connectivity index (χ4n) is 2.63. The van der Waals surface area contributed by atoms with Crippen molar-refractivity contribution in [1.82, 2.24) is 19.6 Å². The van der Waals surface area contributed by atoms with Gasteiger partial charge in [0.2, 0.25) is 0 Å². The Balaban J connectivity index is 1.59. The van der Waals surface area contributed by atoms with Gasteiger partial charge in [0, 0.05) is 45.0 Å². The number of carbonyl (C=O) groups is 1. The predicted octanol–water partition coefficient (Wildman–Crippen LogP) is 1.24. The molecule has 6 heteroatoms. The summed E-state index contributed by atoms with van der Waals surface area (Å²) < 4.78 is 7.45. The van der Waals surface area contributed by atoms with Crippen molar-refractivity contribution >= 4 is 5.91 Å². The number of rotatable bonds is 4. The standard InChI is InChI=1S/C17H22N4O2/c1-19-6-8-21(9-7-19)17(22)13-23-16-5-3-4-14(10-16)15-11-18-20(2)12-15/h3-5,10-12H,6-9,13H2,1-2H3. The monoisotopic (exact) mass is 314 g/mol. The van der Waals surface area contributed by atoms with Crippen molar-refractivity contribution in [1.29, 1.82) is 0 Å².